The molecule has 3 nitrogen and oxygen atoms in total. The molecule has 3 heteroatoms. The van der Waals surface area contributed by atoms with E-state index >= 15 is 0 Å². The van der Waals surface area contributed by atoms with Gasteiger partial charge in [-0.1, -0.05) is 42.5 Å². The number of phenolic OH excluding ortho intramolecular Hbond substituents is 2. The minimum atomic E-state index is 0.292. The van der Waals surface area contributed by atoms with Crippen molar-refractivity contribution < 1.29 is 10.2 Å². The normalized spacial score (nSPS) is 10.8. The van der Waals surface area contributed by atoms with Crippen molar-refractivity contribution in [2.75, 3.05) is 6.54 Å². The van der Waals surface area contributed by atoms with Crippen LogP contribution in [0.3, 0.4) is 0 Å². The third-order valence-corrected chi connectivity index (χ3v) is 3.49. The fraction of sp³-hybridized carbons (Fsp3) is 0.222. The van der Waals surface area contributed by atoms with Crippen LogP contribution in [0.4, 0.5) is 0 Å². The second kappa shape index (κ2) is 6.95. The molecule has 0 saturated heterocycles. The number of aryl methyl sites for hydroxylation is 1. The first kappa shape index (κ1) is 15.1. The van der Waals surface area contributed by atoms with Gasteiger partial charge in [0.15, 0.2) is 0 Å². The molecule has 0 bridgehead atoms. The van der Waals surface area contributed by atoms with Crippen LogP contribution in [0.25, 0.3) is 0 Å². The van der Waals surface area contributed by atoms with Gasteiger partial charge in [0.1, 0.15) is 11.5 Å². The number of para-hydroxylation sites is 2. The van der Waals surface area contributed by atoms with Gasteiger partial charge in [0.2, 0.25) is 0 Å². The second-order valence-corrected chi connectivity index (χ2v) is 5.17. The molecule has 0 aliphatic rings. The second-order valence-electron chi connectivity index (χ2n) is 5.17. The van der Waals surface area contributed by atoms with Crippen molar-refractivity contribution in [3.63, 3.8) is 0 Å². The zero-order chi connectivity index (χ0) is 15.2. The summed E-state index contributed by atoms with van der Waals surface area (Å²) in [7, 11) is 0. The van der Waals surface area contributed by atoms with Gasteiger partial charge in [-0.15, -0.1) is 6.58 Å². The summed E-state index contributed by atoms with van der Waals surface area (Å²) in [5, 5.41) is 20.0. The minimum Gasteiger partial charge on any atom is -0.508 e. The lowest BCUT2D eigenvalue weighted by Gasteiger charge is -2.22. The first-order valence-corrected chi connectivity index (χ1v) is 6.99. The summed E-state index contributed by atoms with van der Waals surface area (Å²) in [6, 6.07) is 13.1. The van der Waals surface area contributed by atoms with Crippen LogP contribution in [0.1, 0.15) is 16.7 Å². The summed E-state index contributed by atoms with van der Waals surface area (Å²) in [6.45, 7) is 7.56. The largest absolute Gasteiger partial charge is 0.508 e. The monoisotopic (exact) mass is 283 g/mol. The van der Waals surface area contributed by atoms with Gasteiger partial charge in [0.05, 0.1) is 0 Å². The highest BCUT2D eigenvalue weighted by molar-refractivity contribution is 5.39. The Bertz CT molecular complexity index is 622. The zero-order valence-corrected chi connectivity index (χ0v) is 12.3. The number of hydrogen-bond donors (Lipinski definition) is 2. The number of benzene rings is 2. The van der Waals surface area contributed by atoms with Gasteiger partial charge < -0.3 is 10.2 Å². The number of hydrogen-bond acceptors (Lipinski definition) is 3. The van der Waals surface area contributed by atoms with Crippen LogP contribution >= 0.6 is 0 Å². The van der Waals surface area contributed by atoms with Gasteiger partial charge >= 0.3 is 0 Å². The molecule has 110 valence electrons. The van der Waals surface area contributed by atoms with E-state index in [4.69, 9.17) is 0 Å². The van der Waals surface area contributed by atoms with Crippen molar-refractivity contribution in [1.82, 2.24) is 4.90 Å². The van der Waals surface area contributed by atoms with Crippen molar-refractivity contribution in [2.45, 2.75) is 20.0 Å². The van der Waals surface area contributed by atoms with Crippen molar-refractivity contribution in [3.05, 3.63) is 71.8 Å². The summed E-state index contributed by atoms with van der Waals surface area (Å²) in [5.41, 5.74) is 2.62. The Kier molecular flexibility index (Phi) is 5.01. The van der Waals surface area contributed by atoms with Gasteiger partial charge in [-0.3, -0.25) is 4.90 Å². The molecule has 0 aliphatic carbocycles. The van der Waals surface area contributed by atoms with Crippen molar-refractivity contribution in [1.29, 1.82) is 0 Å². The molecule has 2 N–H and O–H groups in total. The highest BCUT2D eigenvalue weighted by Gasteiger charge is 2.11. The number of rotatable bonds is 6. The van der Waals surface area contributed by atoms with Crippen molar-refractivity contribution in [2.24, 2.45) is 0 Å². The molecule has 0 heterocycles. The predicted octanol–water partition coefficient (Wildman–Crippen LogP) is 3.59. The van der Waals surface area contributed by atoms with E-state index in [9.17, 15) is 10.2 Å². The third kappa shape index (κ3) is 3.86. The van der Waals surface area contributed by atoms with E-state index < -0.39 is 0 Å². The lowest BCUT2D eigenvalue weighted by molar-refractivity contribution is 0.277. The molecular weight excluding hydrogens is 262 g/mol. The Morgan fingerprint density at radius 2 is 1.67 bits per heavy atom. The maximum absolute atomic E-state index is 10.1. The van der Waals surface area contributed by atoms with E-state index in [2.05, 4.69) is 11.5 Å². The van der Waals surface area contributed by atoms with Crippen LogP contribution in [-0.4, -0.2) is 21.7 Å². The Balaban J connectivity index is 2.18. The van der Waals surface area contributed by atoms with Crippen LogP contribution in [-0.2, 0) is 13.1 Å². The summed E-state index contributed by atoms with van der Waals surface area (Å²) >= 11 is 0. The molecule has 0 fully saturated rings. The molecular formula is C18H21NO2. The Morgan fingerprint density at radius 1 is 1.00 bits per heavy atom. The predicted molar refractivity (Wildman–Crippen MR) is 85.3 cm³/mol. The van der Waals surface area contributed by atoms with E-state index in [1.165, 1.54) is 0 Å². The SMILES string of the molecule is C=CCN(Cc1ccccc1O)Cc1cccc(C)c1O. The maximum Gasteiger partial charge on any atom is 0.122 e. The lowest BCUT2D eigenvalue weighted by Crippen LogP contribution is -2.23. The van der Waals surface area contributed by atoms with Crippen LogP contribution in [0.5, 0.6) is 11.5 Å². The van der Waals surface area contributed by atoms with E-state index in [0.29, 0.717) is 31.1 Å². The van der Waals surface area contributed by atoms with Gasteiger partial charge in [-0.2, -0.15) is 0 Å². The van der Waals surface area contributed by atoms with Gasteiger partial charge in [-0.05, 0) is 18.6 Å². The minimum absolute atomic E-state index is 0.292. The average Bonchev–Trinajstić information content (AvgIpc) is 2.46. The smallest absolute Gasteiger partial charge is 0.122 e. The maximum atomic E-state index is 10.1. The van der Waals surface area contributed by atoms with Gasteiger partial charge in [0.25, 0.3) is 0 Å². The lowest BCUT2D eigenvalue weighted by atomic mass is 10.1. The number of nitrogens with zero attached hydrogens (tertiary/aromatic N) is 1. The molecule has 21 heavy (non-hydrogen) atoms. The first-order chi connectivity index (χ1) is 10.1. The molecule has 0 unspecified atom stereocenters. The highest BCUT2D eigenvalue weighted by Crippen LogP contribution is 2.24. The Morgan fingerprint density at radius 3 is 2.38 bits per heavy atom. The van der Waals surface area contributed by atoms with Gasteiger partial charge in [-0.25, -0.2) is 0 Å². The highest BCUT2D eigenvalue weighted by atomic mass is 16.3. The molecule has 2 aromatic rings. The van der Waals surface area contributed by atoms with Crippen LogP contribution in [0.15, 0.2) is 55.1 Å². The molecule has 0 aromatic heterocycles. The third-order valence-electron chi connectivity index (χ3n) is 3.49. The topological polar surface area (TPSA) is 43.7 Å². The summed E-state index contributed by atoms with van der Waals surface area (Å²) in [6.07, 6.45) is 1.83. The van der Waals surface area contributed by atoms with E-state index in [1.54, 1.807) is 6.07 Å². The molecule has 0 amide bonds. The average molecular weight is 283 g/mol. The molecule has 0 aliphatic heterocycles. The molecule has 2 aromatic carbocycles. The van der Waals surface area contributed by atoms with E-state index in [0.717, 1.165) is 16.7 Å². The number of aromatic hydroxyl groups is 2. The summed E-state index contributed by atoms with van der Waals surface area (Å²) in [4.78, 5) is 2.12. The fourth-order valence-electron chi connectivity index (χ4n) is 2.34. The summed E-state index contributed by atoms with van der Waals surface area (Å²) < 4.78 is 0. The standard InChI is InChI=1S/C18H21NO2/c1-3-11-19(12-15-8-4-5-10-17(15)20)13-16-9-6-7-14(2)18(16)21/h3-10,20-21H,1,11-13H2,2H3. The zero-order valence-electron chi connectivity index (χ0n) is 12.3. The van der Waals surface area contributed by atoms with E-state index in [1.807, 2.05) is 49.4 Å². The summed E-state index contributed by atoms with van der Waals surface area (Å²) in [5.74, 6) is 0.629. The van der Waals surface area contributed by atoms with Crippen molar-refractivity contribution in [3.8, 4) is 11.5 Å². The van der Waals surface area contributed by atoms with E-state index in [-0.39, 0.29) is 0 Å². The first-order valence-electron chi connectivity index (χ1n) is 6.99. The van der Waals surface area contributed by atoms with Crippen LogP contribution in [0.2, 0.25) is 0 Å². The fourth-order valence-corrected chi connectivity index (χ4v) is 2.34. The number of phenols is 2. The van der Waals surface area contributed by atoms with Crippen molar-refractivity contribution >= 4 is 0 Å². The molecule has 0 spiro atoms. The molecule has 0 atom stereocenters. The Hall–Kier alpha value is -2.26. The molecule has 2 rings (SSSR count). The van der Waals surface area contributed by atoms with Crippen LogP contribution < -0.4 is 0 Å². The quantitative estimate of drug-likeness (QED) is 0.796. The molecule has 0 radical (unpaired) electrons. The van der Waals surface area contributed by atoms with Gasteiger partial charge in [0, 0.05) is 30.8 Å². The Labute approximate surface area is 125 Å². The molecule has 0 saturated carbocycles. The van der Waals surface area contributed by atoms with Crippen LogP contribution in [0, 0.1) is 6.92 Å².